The van der Waals surface area contributed by atoms with Gasteiger partial charge >= 0.3 is 0 Å². The van der Waals surface area contributed by atoms with Gasteiger partial charge < -0.3 is 14.7 Å². The number of carbonyl (C=O) groups is 1. The summed E-state index contributed by atoms with van der Waals surface area (Å²) < 4.78 is 18.2. The number of hydrogen-bond acceptors (Lipinski definition) is 3. The lowest BCUT2D eigenvalue weighted by atomic mass is 10.1. The molecule has 0 spiro atoms. The van der Waals surface area contributed by atoms with Crippen molar-refractivity contribution in [1.82, 2.24) is 4.90 Å². The molecule has 1 N–H and O–H groups in total. The largest absolute Gasteiger partial charge is 0.481 e. The lowest BCUT2D eigenvalue weighted by molar-refractivity contribution is -0.137. The molecule has 1 aromatic rings. The molecule has 2 rings (SSSR count). The smallest absolute Gasteiger partial charge is 0.263 e. The van der Waals surface area contributed by atoms with E-state index in [1.807, 2.05) is 0 Å². The van der Waals surface area contributed by atoms with Crippen LogP contribution in [0.15, 0.2) is 24.3 Å². The molecular weight excluding hydrogens is 249 g/mol. The summed E-state index contributed by atoms with van der Waals surface area (Å²) in [5, 5.41) is 9.06. The van der Waals surface area contributed by atoms with Crippen molar-refractivity contribution in [3.8, 4) is 5.75 Å². The van der Waals surface area contributed by atoms with E-state index < -0.39 is 6.10 Å². The minimum atomic E-state index is -0.608. The van der Waals surface area contributed by atoms with E-state index in [0.29, 0.717) is 18.8 Å². The van der Waals surface area contributed by atoms with Gasteiger partial charge in [0.1, 0.15) is 11.6 Å². The van der Waals surface area contributed by atoms with Gasteiger partial charge in [-0.1, -0.05) is 0 Å². The van der Waals surface area contributed by atoms with Gasteiger partial charge in [0.05, 0.1) is 0 Å². The Kier molecular flexibility index (Phi) is 4.37. The van der Waals surface area contributed by atoms with Crippen molar-refractivity contribution in [2.75, 3.05) is 19.7 Å². The van der Waals surface area contributed by atoms with Gasteiger partial charge in [-0.3, -0.25) is 4.79 Å². The van der Waals surface area contributed by atoms with E-state index >= 15 is 0 Å². The number of hydrogen-bond donors (Lipinski definition) is 1. The highest BCUT2D eigenvalue weighted by molar-refractivity contribution is 5.81. The first-order chi connectivity index (χ1) is 9.10. The number of nitrogens with zero attached hydrogens (tertiary/aromatic N) is 1. The number of halogens is 1. The van der Waals surface area contributed by atoms with Crippen molar-refractivity contribution in [3.05, 3.63) is 30.1 Å². The summed E-state index contributed by atoms with van der Waals surface area (Å²) in [7, 11) is 0. The van der Waals surface area contributed by atoms with Crippen molar-refractivity contribution in [1.29, 1.82) is 0 Å². The first kappa shape index (κ1) is 13.8. The van der Waals surface area contributed by atoms with Crippen LogP contribution in [-0.4, -0.2) is 41.7 Å². The first-order valence-corrected chi connectivity index (χ1v) is 6.42. The van der Waals surface area contributed by atoms with Gasteiger partial charge in [-0.15, -0.1) is 0 Å². The second kappa shape index (κ2) is 6.02. The Balaban J connectivity index is 1.91. The average Bonchev–Trinajstić information content (AvgIpc) is 2.89. The Morgan fingerprint density at radius 1 is 1.53 bits per heavy atom. The summed E-state index contributed by atoms with van der Waals surface area (Å²) >= 11 is 0. The molecule has 2 atom stereocenters. The topological polar surface area (TPSA) is 49.8 Å². The van der Waals surface area contributed by atoms with Gasteiger partial charge in [0, 0.05) is 25.6 Å². The van der Waals surface area contributed by atoms with Crippen LogP contribution in [0, 0.1) is 11.7 Å². The third-order valence-corrected chi connectivity index (χ3v) is 3.33. The number of carbonyl (C=O) groups excluding carboxylic acids is 1. The SMILES string of the molecule is CC(Oc1ccc(F)cc1)C(=O)N1CCC(CO)C1. The molecule has 2 unspecified atom stereocenters. The Morgan fingerprint density at radius 3 is 2.79 bits per heavy atom. The molecule has 1 fully saturated rings. The van der Waals surface area contributed by atoms with E-state index in [2.05, 4.69) is 0 Å². The van der Waals surface area contributed by atoms with Crippen LogP contribution in [0.4, 0.5) is 4.39 Å². The van der Waals surface area contributed by atoms with Crippen molar-refractivity contribution in [2.45, 2.75) is 19.4 Å². The van der Waals surface area contributed by atoms with Crippen molar-refractivity contribution in [3.63, 3.8) is 0 Å². The van der Waals surface area contributed by atoms with E-state index in [1.165, 1.54) is 24.3 Å². The molecule has 1 amide bonds. The standard InChI is InChI=1S/C14H18FNO3/c1-10(19-13-4-2-12(15)3-5-13)14(18)16-7-6-11(8-16)9-17/h2-5,10-11,17H,6-9H2,1H3. The molecule has 1 heterocycles. The maximum Gasteiger partial charge on any atom is 0.263 e. The fourth-order valence-electron chi connectivity index (χ4n) is 2.21. The zero-order chi connectivity index (χ0) is 13.8. The van der Waals surface area contributed by atoms with Crippen molar-refractivity contribution >= 4 is 5.91 Å². The molecule has 0 bridgehead atoms. The molecule has 0 aliphatic carbocycles. The number of benzene rings is 1. The highest BCUT2D eigenvalue weighted by Gasteiger charge is 2.29. The third kappa shape index (κ3) is 3.44. The van der Waals surface area contributed by atoms with Crippen LogP contribution < -0.4 is 4.74 Å². The number of ether oxygens (including phenoxy) is 1. The summed E-state index contributed by atoms with van der Waals surface area (Å²) in [6, 6.07) is 5.59. The van der Waals surface area contributed by atoms with E-state index in [0.717, 1.165) is 6.42 Å². The predicted molar refractivity (Wildman–Crippen MR) is 68.3 cm³/mol. The fraction of sp³-hybridized carbons (Fsp3) is 0.500. The number of aliphatic hydroxyl groups is 1. The van der Waals surface area contributed by atoms with Gasteiger partial charge in [-0.05, 0) is 37.6 Å². The van der Waals surface area contributed by atoms with Crippen LogP contribution in [0.25, 0.3) is 0 Å². The number of rotatable bonds is 4. The molecule has 0 saturated carbocycles. The fourth-order valence-corrected chi connectivity index (χ4v) is 2.21. The van der Waals surface area contributed by atoms with E-state index in [4.69, 9.17) is 9.84 Å². The van der Waals surface area contributed by atoms with Crippen LogP contribution >= 0.6 is 0 Å². The van der Waals surface area contributed by atoms with E-state index in [-0.39, 0.29) is 24.2 Å². The second-order valence-electron chi connectivity index (χ2n) is 4.84. The molecule has 5 heteroatoms. The van der Waals surface area contributed by atoms with Crippen LogP contribution in [0.3, 0.4) is 0 Å². The minimum absolute atomic E-state index is 0.0970. The summed E-state index contributed by atoms with van der Waals surface area (Å²) in [5.74, 6) is 0.207. The number of amides is 1. The monoisotopic (exact) mass is 267 g/mol. The maximum atomic E-state index is 12.8. The average molecular weight is 267 g/mol. The van der Waals surface area contributed by atoms with Gasteiger partial charge in [-0.2, -0.15) is 0 Å². The summed E-state index contributed by atoms with van der Waals surface area (Å²) in [4.78, 5) is 13.8. The van der Waals surface area contributed by atoms with Crippen molar-refractivity contribution in [2.24, 2.45) is 5.92 Å². The van der Waals surface area contributed by atoms with E-state index in [1.54, 1.807) is 11.8 Å². The first-order valence-electron chi connectivity index (χ1n) is 6.42. The van der Waals surface area contributed by atoms with Gasteiger partial charge in [0.15, 0.2) is 6.10 Å². The lowest BCUT2D eigenvalue weighted by Crippen LogP contribution is -2.39. The molecule has 0 radical (unpaired) electrons. The zero-order valence-corrected chi connectivity index (χ0v) is 10.9. The second-order valence-corrected chi connectivity index (χ2v) is 4.84. The molecule has 1 aliphatic rings. The molecule has 1 aromatic carbocycles. The highest BCUT2D eigenvalue weighted by atomic mass is 19.1. The Hall–Kier alpha value is -1.62. The van der Waals surface area contributed by atoms with Crippen molar-refractivity contribution < 1.29 is 19.0 Å². The van der Waals surface area contributed by atoms with E-state index in [9.17, 15) is 9.18 Å². The molecular formula is C14H18FNO3. The summed E-state index contributed by atoms with van der Waals surface area (Å²) in [5.41, 5.74) is 0. The summed E-state index contributed by atoms with van der Waals surface area (Å²) in [6.45, 7) is 3.02. The summed E-state index contributed by atoms with van der Waals surface area (Å²) in [6.07, 6.45) is 0.216. The number of aliphatic hydroxyl groups excluding tert-OH is 1. The maximum absolute atomic E-state index is 12.8. The molecule has 0 aromatic heterocycles. The van der Waals surface area contributed by atoms with Crippen LogP contribution in [0.2, 0.25) is 0 Å². The van der Waals surface area contributed by atoms with Crippen LogP contribution in [0.5, 0.6) is 5.75 Å². The van der Waals surface area contributed by atoms with Gasteiger partial charge in [-0.25, -0.2) is 4.39 Å². The Bertz CT molecular complexity index is 435. The van der Waals surface area contributed by atoms with Gasteiger partial charge in [0.25, 0.3) is 5.91 Å². The quantitative estimate of drug-likeness (QED) is 0.898. The Labute approximate surface area is 111 Å². The Morgan fingerprint density at radius 2 is 2.21 bits per heavy atom. The number of likely N-dealkylation sites (tertiary alicyclic amines) is 1. The predicted octanol–water partition coefficient (Wildman–Crippen LogP) is 1.43. The lowest BCUT2D eigenvalue weighted by Gasteiger charge is -2.21. The minimum Gasteiger partial charge on any atom is -0.481 e. The molecule has 1 saturated heterocycles. The highest BCUT2D eigenvalue weighted by Crippen LogP contribution is 2.18. The molecule has 1 aliphatic heterocycles. The zero-order valence-electron chi connectivity index (χ0n) is 10.9. The molecule has 19 heavy (non-hydrogen) atoms. The molecule has 104 valence electrons. The third-order valence-electron chi connectivity index (χ3n) is 3.33. The normalized spacial score (nSPS) is 20.4. The molecule has 4 nitrogen and oxygen atoms in total. The van der Waals surface area contributed by atoms with Crippen LogP contribution in [-0.2, 0) is 4.79 Å². The van der Waals surface area contributed by atoms with Gasteiger partial charge in [0.2, 0.25) is 0 Å². The van der Waals surface area contributed by atoms with Crippen LogP contribution in [0.1, 0.15) is 13.3 Å².